The second-order valence-corrected chi connectivity index (χ2v) is 5.30. The van der Waals surface area contributed by atoms with E-state index >= 15 is 0 Å². The molecule has 0 fully saturated rings. The number of rotatable bonds is 6. The molecule has 0 radical (unpaired) electrons. The van der Waals surface area contributed by atoms with Gasteiger partial charge >= 0.3 is 6.03 Å². The number of hydrogen-bond donors (Lipinski definition) is 2. The number of benzene rings is 1. The van der Waals surface area contributed by atoms with E-state index in [1.54, 1.807) is 30.5 Å². The van der Waals surface area contributed by atoms with Crippen molar-refractivity contribution < 1.29 is 13.9 Å². The van der Waals surface area contributed by atoms with E-state index in [1.165, 1.54) is 6.07 Å². The first-order valence-electron chi connectivity index (χ1n) is 7.41. The van der Waals surface area contributed by atoms with Gasteiger partial charge in [-0.1, -0.05) is 24.3 Å². The Morgan fingerprint density at radius 2 is 1.91 bits per heavy atom. The van der Waals surface area contributed by atoms with Crippen LogP contribution in [0.3, 0.4) is 0 Å². The van der Waals surface area contributed by atoms with Crippen LogP contribution in [0.5, 0.6) is 5.88 Å². The van der Waals surface area contributed by atoms with E-state index in [9.17, 15) is 9.18 Å². The minimum atomic E-state index is -0.365. The molecule has 6 heteroatoms. The van der Waals surface area contributed by atoms with Crippen LogP contribution in [0.1, 0.15) is 25.0 Å². The second kappa shape index (κ2) is 8.12. The van der Waals surface area contributed by atoms with Gasteiger partial charge in [-0.05, 0) is 25.5 Å². The zero-order chi connectivity index (χ0) is 16.7. The molecule has 2 rings (SSSR count). The van der Waals surface area contributed by atoms with E-state index in [0.29, 0.717) is 18.0 Å². The van der Waals surface area contributed by atoms with Crippen LogP contribution >= 0.6 is 0 Å². The van der Waals surface area contributed by atoms with Gasteiger partial charge in [-0.25, -0.2) is 14.2 Å². The number of nitrogens with zero attached hydrogens (tertiary/aromatic N) is 1. The van der Waals surface area contributed by atoms with Crippen molar-refractivity contribution in [3.8, 4) is 5.88 Å². The highest BCUT2D eigenvalue weighted by Crippen LogP contribution is 2.09. The maximum atomic E-state index is 13.4. The largest absolute Gasteiger partial charge is 0.475 e. The van der Waals surface area contributed by atoms with E-state index in [0.717, 1.165) is 5.56 Å². The predicted molar refractivity (Wildman–Crippen MR) is 85.5 cm³/mol. The maximum absolute atomic E-state index is 13.4. The van der Waals surface area contributed by atoms with Gasteiger partial charge in [-0.15, -0.1) is 0 Å². The molecule has 0 saturated heterocycles. The van der Waals surface area contributed by atoms with Gasteiger partial charge < -0.3 is 15.4 Å². The number of ether oxygens (including phenoxy) is 1. The minimum absolute atomic E-state index is 0.0654. The van der Waals surface area contributed by atoms with E-state index in [-0.39, 0.29) is 24.5 Å². The SMILES string of the molecule is CC(C)Oc1ccc(CNC(=O)NCc2ccccc2F)cn1. The first-order valence-corrected chi connectivity index (χ1v) is 7.41. The summed E-state index contributed by atoms with van der Waals surface area (Å²) in [4.78, 5) is 15.9. The Kier molecular flexibility index (Phi) is 5.91. The van der Waals surface area contributed by atoms with Crippen LogP contribution in [-0.4, -0.2) is 17.1 Å². The maximum Gasteiger partial charge on any atom is 0.315 e. The third-order valence-corrected chi connectivity index (χ3v) is 3.00. The topological polar surface area (TPSA) is 63.2 Å². The molecule has 0 aliphatic carbocycles. The van der Waals surface area contributed by atoms with E-state index in [4.69, 9.17) is 4.74 Å². The minimum Gasteiger partial charge on any atom is -0.475 e. The van der Waals surface area contributed by atoms with Crippen LogP contribution in [-0.2, 0) is 13.1 Å². The molecule has 0 aliphatic rings. The van der Waals surface area contributed by atoms with E-state index in [1.807, 2.05) is 19.9 Å². The molecule has 1 aromatic carbocycles. The van der Waals surface area contributed by atoms with Gasteiger partial charge in [-0.2, -0.15) is 0 Å². The number of urea groups is 1. The number of carbonyl (C=O) groups excluding carboxylic acids is 1. The van der Waals surface area contributed by atoms with E-state index in [2.05, 4.69) is 15.6 Å². The molecule has 2 aromatic rings. The fraction of sp³-hybridized carbons (Fsp3) is 0.294. The van der Waals surface area contributed by atoms with Gasteiger partial charge in [0.05, 0.1) is 6.10 Å². The molecule has 0 saturated carbocycles. The molecular weight excluding hydrogens is 297 g/mol. The lowest BCUT2D eigenvalue weighted by Gasteiger charge is -2.10. The summed E-state index contributed by atoms with van der Waals surface area (Å²) in [5.74, 6) is 0.213. The van der Waals surface area contributed by atoms with Gasteiger partial charge in [0, 0.05) is 30.9 Å². The predicted octanol–water partition coefficient (Wildman–Crippen LogP) is 3.01. The highest BCUT2D eigenvalue weighted by Gasteiger charge is 2.05. The summed E-state index contributed by atoms with van der Waals surface area (Å²) in [7, 11) is 0. The Balaban J connectivity index is 1.77. The normalized spacial score (nSPS) is 10.4. The molecule has 0 spiro atoms. The third kappa shape index (κ3) is 5.58. The molecule has 0 aliphatic heterocycles. The lowest BCUT2D eigenvalue weighted by Crippen LogP contribution is -2.34. The van der Waals surface area contributed by atoms with Crippen LogP contribution in [0, 0.1) is 5.82 Å². The quantitative estimate of drug-likeness (QED) is 0.861. The van der Waals surface area contributed by atoms with Crippen molar-refractivity contribution in [1.29, 1.82) is 0 Å². The lowest BCUT2D eigenvalue weighted by molar-refractivity contribution is 0.232. The van der Waals surface area contributed by atoms with Gasteiger partial charge in [-0.3, -0.25) is 0 Å². The number of hydrogen-bond acceptors (Lipinski definition) is 3. The molecular formula is C17H20FN3O2. The van der Waals surface area contributed by atoms with Crippen molar-refractivity contribution in [2.24, 2.45) is 0 Å². The molecule has 23 heavy (non-hydrogen) atoms. The van der Waals surface area contributed by atoms with Gasteiger partial charge in [0.1, 0.15) is 5.82 Å². The van der Waals surface area contributed by atoms with Gasteiger partial charge in [0.2, 0.25) is 5.88 Å². The monoisotopic (exact) mass is 317 g/mol. The van der Waals surface area contributed by atoms with Crippen LogP contribution < -0.4 is 15.4 Å². The van der Waals surface area contributed by atoms with Crippen molar-refractivity contribution in [2.75, 3.05) is 0 Å². The molecule has 2 N–H and O–H groups in total. The number of carbonyl (C=O) groups is 1. The Morgan fingerprint density at radius 3 is 2.57 bits per heavy atom. The van der Waals surface area contributed by atoms with Gasteiger partial charge in [0.25, 0.3) is 0 Å². The molecule has 0 atom stereocenters. The van der Waals surface area contributed by atoms with Crippen molar-refractivity contribution in [3.63, 3.8) is 0 Å². The summed E-state index contributed by atoms with van der Waals surface area (Å²) in [6, 6.07) is 9.56. The van der Waals surface area contributed by atoms with Crippen LogP contribution in [0.4, 0.5) is 9.18 Å². The standard InChI is InChI=1S/C17H20FN3O2/c1-12(2)23-16-8-7-13(9-19-16)10-20-17(22)21-11-14-5-3-4-6-15(14)18/h3-9,12H,10-11H2,1-2H3,(H2,20,21,22). The van der Waals surface area contributed by atoms with Gasteiger partial charge in [0.15, 0.2) is 0 Å². The molecule has 2 amide bonds. The first-order chi connectivity index (χ1) is 11.0. The summed E-state index contributed by atoms with van der Waals surface area (Å²) in [5, 5.41) is 5.31. The molecule has 122 valence electrons. The van der Waals surface area contributed by atoms with Crippen LogP contribution in [0.25, 0.3) is 0 Å². The molecule has 0 unspecified atom stereocenters. The fourth-order valence-electron chi connectivity index (χ4n) is 1.89. The third-order valence-electron chi connectivity index (χ3n) is 3.00. The zero-order valence-corrected chi connectivity index (χ0v) is 13.2. The lowest BCUT2D eigenvalue weighted by atomic mass is 10.2. The number of halogens is 1. The summed E-state index contributed by atoms with van der Waals surface area (Å²) in [5.41, 5.74) is 1.29. The van der Waals surface area contributed by atoms with Crippen LogP contribution in [0.2, 0.25) is 0 Å². The molecule has 5 nitrogen and oxygen atoms in total. The number of pyridine rings is 1. The first kappa shape index (κ1) is 16.7. The summed E-state index contributed by atoms with van der Waals surface area (Å²) < 4.78 is 18.9. The fourth-order valence-corrected chi connectivity index (χ4v) is 1.89. The highest BCUT2D eigenvalue weighted by molar-refractivity contribution is 5.73. The van der Waals surface area contributed by atoms with E-state index < -0.39 is 0 Å². The average molecular weight is 317 g/mol. The molecule has 0 bridgehead atoms. The van der Waals surface area contributed by atoms with Crippen molar-refractivity contribution in [3.05, 3.63) is 59.5 Å². The van der Waals surface area contributed by atoms with Crippen molar-refractivity contribution in [1.82, 2.24) is 15.6 Å². The number of aromatic nitrogens is 1. The highest BCUT2D eigenvalue weighted by atomic mass is 19.1. The van der Waals surface area contributed by atoms with Crippen LogP contribution in [0.15, 0.2) is 42.6 Å². The average Bonchev–Trinajstić information content (AvgIpc) is 2.53. The Morgan fingerprint density at radius 1 is 1.17 bits per heavy atom. The second-order valence-electron chi connectivity index (χ2n) is 5.30. The molecule has 1 aromatic heterocycles. The summed E-state index contributed by atoms with van der Waals surface area (Å²) >= 11 is 0. The van der Waals surface area contributed by atoms with Crippen molar-refractivity contribution >= 4 is 6.03 Å². The zero-order valence-electron chi connectivity index (χ0n) is 13.2. The summed E-state index contributed by atoms with van der Waals surface area (Å²) in [6.07, 6.45) is 1.71. The Labute approximate surface area is 134 Å². The smallest absolute Gasteiger partial charge is 0.315 e. The van der Waals surface area contributed by atoms with Crippen molar-refractivity contribution in [2.45, 2.75) is 33.0 Å². The Hall–Kier alpha value is -2.63. The Bertz CT molecular complexity index is 645. The summed E-state index contributed by atoms with van der Waals surface area (Å²) in [6.45, 7) is 4.32. The molecule has 1 heterocycles. The number of amides is 2. The number of nitrogens with one attached hydrogen (secondary N) is 2.